The lowest BCUT2D eigenvalue weighted by Gasteiger charge is -2.19. The van der Waals surface area contributed by atoms with Crippen LogP contribution in [0, 0.1) is 12.7 Å². The molecule has 0 heterocycles. The standard InChI is InChI=1S/C28H38FNO/c1-6-8-10-11-24-19-25(14-13-21(24)3)22(4)30-27(12-9-7-2)18-16-23-15-17-26(29)20-28(23)31-5/h12-20,22,30H,6-11H2,1-5H3/b18-16+,27-12?. The van der Waals surface area contributed by atoms with Gasteiger partial charge in [0, 0.05) is 23.4 Å². The number of allylic oxidation sites excluding steroid dienone is 2. The number of methoxy groups -OCH3 is 1. The Morgan fingerprint density at radius 3 is 2.61 bits per heavy atom. The molecule has 0 bridgehead atoms. The average Bonchev–Trinajstić information content (AvgIpc) is 2.77. The third-order valence-corrected chi connectivity index (χ3v) is 5.60. The van der Waals surface area contributed by atoms with Crippen LogP contribution < -0.4 is 10.1 Å². The molecule has 31 heavy (non-hydrogen) atoms. The highest BCUT2D eigenvalue weighted by Crippen LogP contribution is 2.23. The van der Waals surface area contributed by atoms with E-state index in [2.05, 4.69) is 63.4 Å². The number of benzene rings is 2. The molecule has 1 N–H and O–H groups in total. The molecule has 0 aliphatic heterocycles. The number of halogens is 1. The second kappa shape index (κ2) is 13.0. The second-order valence-electron chi connectivity index (χ2n) is 8.18. The van der Waals surface area contributed by atoms with Gasteiger partial charge in [0.05, 0.1) is 7.11 Å². The minimum absolute atomic E-state index is 0.188. The summed E-state index contributed by atoms with van der Waals surface area (Å²) < 4.78 is 18.8. The molecule has 3 heteroatoms. The number of hydrogen-bond acceptors (Lipinski definition) is 2. The molecule has 0 radical (unpaired) electrons. The van der Waals surface area contributed by atoms with Gasteiger partial charge < -0.3 is 10.1 Å². The van der Waals surface area contributed by atoms with Gasteiger partial charge >= 0.3 is 0 Å². The largest absolute Gasteiger partial charge is 0.496 e. The Balaban J connectivity index is 2.18. The summed E-state index contributed by atoms with van der Waals surface area (Å²) in [6.45, 7) is 8.82. The summed E-state index contributed by atoms with van der Waals surface area (Å²) >= 11 is 0. The van der Waals surface area contributed by atoms with E-state index in [9.17, 15) is 4.39 Å². The van der Waals surface area contributed by atoms with E-state index in [1.807, 2.05) is 6.08 Å². The van der Waals surface area contributed by atoms with Crippen molar-refractivity contribution < 1.29 is 9.13 Å². The summed E-state index contributed by atoms with van der Waals surface area (Å²) in [6.07, 6.45) is 13.2. The Morgan fingerprint density at radius 1 is 1.10 bits per heavy atom. The molecule has 0 fully saturated rings. The molecule has 168 valence electrons. The first-order valence-electron chi connectivity index (χ1n) is 11.6. The van der Waals surface area contributed by atoms with Crippen LogP contribution in [0.15, 0.2) is 54.2 Å². The maximum Gasteiger partial charge on any atom is 0.128 e. The Morgan fingerprint density at radius 2 is 1.90 bits per heavy atom. The molecule has 2 aromatic carbocycles. The number of unbranched alkanes of at least 4 members (excludes halogenated alkanes) is 3. The molecular weight excluding hydrogens is 385 g/mol. The predicted molar refractivity (Wildman–Crippen MR) is 131 cm³/mol. The maximum atomic E-state index is 13.5. The van der Waals surface area contributed by atoms with Crippen molar-refractivity contribution in [3.8, 4) is 5.75 Å². The zero-order valence-electron chi connectivity index (χ0n) is 19.8. The highest BCUT2D eigenvalue weighted by Gasteiger charge is 2.09. The highest BCUT2D eigenvalue weighted by atomic mass is 19.1. The number of ether oxygens (including phenoxy) is 1. The quantitative estimate of drug-likeness (QED) is 0.276. The fourth-order valence-electron chi connectivity index (χ4n) is 3.61. The molecule has 2 nitrogen and oxygen atoms in total. The predicted octanol–water partition coefficient (Wildman–Crippen LogP) is 7.92. The molecule has 0 aliphatic rings. The summed E-state index contributed by atoms with van der Waals surface area (Å²) in [6, 6.07) is 11.6. The highest BCUT2D eigenvalue weighted by molar-refractivity contribution is 5.59. The first-order chi connectivity index (χ1) is 15.0. The third kappa shape index (κ3) is 7.90. The molecule has 1 atom stereocenters. The van der Waals surface area contributed by atoms with Gasteiger partial charge in [-0.3, -0.25) is 0 Å². The van der Waals surface area contributed by atoms with Crippen LogP contribution in [0.5, 0.6) is 5.75 Å². The third-order valence-electron chi connectivity index (χ3n) is 5.60. The molecular formula is C28H38FNO. The average molecular weight is 424 g/mol. The topological polar surface area (TPSA) is 21.3 Å². The summed E-state index contributed by atoms with van der Waals surface area (Å²) in [4.78, 5) is 0. The van der Waals surface area contributed by atoms with Crippen LogP contribution in [0.1, 0.15) is 81.2 Å². The zero-order chi connectivity index (χ0) is 22.6. The Hall–Kier alpha value is -2.55. The van der Waals surface area contributed by atoms with Gasteiger partial charge in [-0.25, -0.2) is 4.39 Å². The van der Waals surface area contributed by atoms with Gasteiger partial charge in [0.2, 0.25) is 0 Å². The molecule has 2 aromatic rings. The van der Waals surface area contributed by atoms with E-state index in [1.54, 1.807) is 13.2 Å². The summed E-state index contributed by atoms with van der Waals surface area (Å²) in [7, 11) is 1.57. The molecule has 0 saturated heterocycles. The fraction of sp³-hybridized carbons (Fsp3) is 0.429. The monoisotopic (exact) mass is 423 g/mol. The first-order valence-corrected chi connectivity index (χ1v) is 11.6. The van der Waals surface area contributed by atoms with Crippen LogP contribution in [-0.2, 0) is 6.42 Å². The van der Waals surface area contributed by atoms with E-state index >= 15 is 0 Å². The minimum Gasteiger partial charge on any atom is -0.496 e. The van der Waals surface area contributed by atoms with Crippen molar-refractivity contribution in [2.24, 2.45) is 0 Å². The molecule has 1 unspecified atom stereocenters. The summed E-state index contributed by atoms with van der Waals surface area (Å²) in [5, 5.41) is 3.66. The maximum absolute atomic E-state index is 13.5. The van der Waals surface area contributed by atoms with Gasteiger partial charge in [0.25, 0.3) is 0 Å². The smallest absolute Gasteiger partial charge is 0.128 e. The van der Waals surface area contributed by atoms with Crippen LogP contribution in [0.2, 0.25) is 0 Å². The Bertz CT molecular complexity index is 885. The van der Waals surface area contributed by atoms with Gasteiger partial charge in [-0.1, -0.05) is 57.4 Å². The Labute approximate surface area is 188 Å². The lowest BCUT2D eigenvalue weighted by Crippen LogP contribution is -2.17. The normalized spacial score (nSPS) is 12.9. The number of aryl methyl sites for hydroxylation is 2. The van der Waals surface area contributed by atoms with E-state index in [4.69, 9.17) is 4.74 Å². The SMILES string of the molecule is CCCC=C(/C=C/c1ccc(F)cc1OC)NC(C)c1ccc(C)c(CCCCC)c1. The lowest BCUT2D eigenvalue weighted by atomic mass is 9.97. The van der Waals surface area contributed by atoms with Crippen LogP contribution in [-0.4, -0.2) is 7.11 Å². The van der Waals surface area contributed by atoms with E-state index in [0.29, 0.717) is 5.75 Å². The van der Waals surface area contributed by atoms with Crippen molar-refractivity contribution in [2.75, 3.05) is 7.11 Å². The van der Waals surface area contributed by atoms with Crippen LogP contribution in [0.3, 0.4) is 0 Å². The number of rotatable bonds is 12. The van der Waals surface area contributed by atoms with Crippen LogP contribution in [0.4, 0.5) is 4.39 Å². The lowest BCUT2D eigenvalue weighted by molar-refractivity contribution is 0.410. The van der Waals surface area contributed by atoms with E-state index < -0.39 is 0 Å². The number of hydrogen-bond donors (Lipinski definition) is 1. The molecule has 0 saturated carbocycles. The van der Waals surface area contributed by atoms with Gasteiger partial charge in [-0.2, -0.15) is 0 Å². The van der Waals surface area contributed by atoms with Gasteiger partial charge in [-0.05, 0) is 74.1 Å². The molecule has 0 spiro atoms. The van der Waals surface area contributed by atoms with Gasteiger partial charge in [0.15, 0.2) is 0 Å². The fourth-order valence-corrected chi connectivity index (χ4v) is 3.61. The molecule has 0 aliphatic carbocycles. The first kappa shape index (κ1) is 24.7. The van der Waals surface area contributed by atoms with Crippen LogP contribution in [0.25, 0.3) is 6.08 Å². The summed E-state index contributed by atoms with van der Waals surface area (Å²) in [5.41, 5.74) is 6.04. The van der Waals surface area contributed by atoms with Gasteiger partial charge in [-0.15, -0.1) is 0 Å². The van der Waals surface area contributed by atoms with Crippen LogP contribution >= 0.6 is 0 Å². The molecule has 0 amide bonds. The summed E-state index contributed by atoms with van der Waals surface area (Å²) in [5.74, 6) is 0.242. The van der Waals surface area contributed by atoms with E-state index in [1.165, 1.54) is 48.1 Å². The van der Waals surface area contributed by atoms with E-state index in [0.717, 1.165) is 30.5 Å². The van der Waals surface area contributed by atoms with Crippen molar-refractivity contribution in [3.05, 3.63) is 82.3 Å². The van der Waals surface area contributed by atoms with Crippen molar-refractivity contribution >= 4 is 6.08 Å². The van der Waals surface area contributed by atoms with Crippen molar-refractivity contribution in [1.29, 1.82) is 0 Å². The van der Waals surface area contributed by atoms with E-state index in [-0.39, 0.29) is 11.9 Å². The Kier molecular flexibility index (Phi) is 10.4. The van der Waals surface area contributed by atoms with Crippen molar-refractivity contribution in [2.45, 2.75) is 72.3 Å². The van der Waals surface area contributed by atoms with Gasteiger partial charge in [0.1, 0.15) is 11.6 Å². The number of nitrogens with one attached hydrogen (secondary N) is 1. The molecule has 0 aromatic heterocycles. The molecule has 2 rings (SSSR count). The minimum atomic E-state index is -0.295. The van der Waals surface area contributed by atoms with Crippen molar-refractivity contribution in [1.82, 2.24) is 5.32 Å². The second-order valence-corrected chi connectivity index (χ2v) is 8.18. The zero-order valence-corrected chi connectivity index (χ0v) is 19.8. The van der Waals surface area contributed by atoms with Crippen molar-refractivity contribution in [3.63, 3.8) is 0 Å².